The molecule has 2 aromatic rings. The van der Waals surface area contributed by atoms with Crippen LogP contribution >= 0.6 is 7.82 Å². The third-order valence-corrected chi connectivity index (χ3v) is 7.26. The highest BCUT2D eigenvalue weighted by Crippen LogP contribution is 2.51. The molecule has 0 bridgehead atoms. The fourth-order valence-electron chi connectivity index (χ4n) is 4.90. The molecule has 0 saturated carbocycles. The van der Waals surface area contributed by atoms with E-state index in [9.17, 15) is 29.5 Å². The number of nitrogens with one attached hydrogen (secondary N) is 2. The summed E-state index contributed by atoms with van der Waals surface area (Å²) in [6, 6.07) is 1.85. The van der Waals surface area contributed by atoms with Gasteiger partial charge in [-0.05, 0) is 31.0 Å². The van der Waals surface area contributed by atoms with Gasteiger partial charge in [0.15, 0.2) is 12.0 Å². The number of hydrogen-bond acceptors (Lipinski definition) is 8. The summed E-state index contributed by atoms with van der Waals surface area (Å²) < 4.78 is 16.9. The summed E-state index contributed by atoms with van der Waals surface area (Å²) >= 11 is 0. The first-order valence-corrected chi connectivity index (χ1v) is 12.8. The first-order chi connectivity index (χ1) is 16.6. The lowest BCUT2D eigenvalue weighted by Gasteiger charge is -2.38. The smallest absolute Gasteiger partial charge is 0.388 e. The molecule has 1 aromatic heterocycles. The number of aromatic nitrogens is 2. The third kappa shape index (κ3) is 4.59. The van der Waals surface area contributed by atoms with E-state index in [-0.39, 0.29) is 23.5 Å². The molecule has 13 nitrogen and oxygen atoms in total. The van der Waals surface area contributed by atoms with Gasteiger partial charge in [-0.2, -0.15) is 4.58 Å². The Balaban J connectivity index is 1.84. The number of phosphoric ester groups is 1. The number of aryl methyl sites for hydroxylation is 1. The Hall–Kier alpha value is -2.64. The number of benzene rings is 1. The van der Waals surface area contributed by atoms with Gasteiger partial charge in [-0.3, -0.25) is 19.3 Å². The highest BCUT2D eigenvalue weighted by Gasteiger charge is 2.46. The quantitative estimate of drug-likeness (QED) is 0.189. The van der Waals surface area contributed by atoms with Crippen LogP contribution in [0.2, 0.25) is 0 Å². The summed E-state index contributed by atoms with van der Waals surface area (Å²) in [5, 5.41) is 31.4. The Bertz CT molecular complexity index is 1410. The number of hydrogen-bond donors (Lipinski definition) is 7. The molecule has 1 aromatic carbocycles. The zero-order valence-electron chi connectivity index (χ0n) is 20.2. The molecular weight excluding hydrogens is 495 g/mol. The molecule has 0 radical (unpaired) electrons. The van der Waals surface area contributed by atoms with Crippen molar-refractivity contribution in [3.63, 3.8) is 0 Å². The van der Waals surface area contributed by atoms with Gasteiger partial charge in [-0.15, -0.1) is 0 Å². The fraction of sp³-hybridized carbons (Fsp3) is 0.500. The first-order valence-electron chi connectivity index (χ1n) is 11.3. The first kappa shape index (κ1) is 26.4. The Morgan fingerprint density at radius 1 is 1.14 bits per heavy atom. The molecule has 3 atom stereocenters. The van der Waals surface area contributed by atoms with Crippen LogP contribution in [0.25, 0.3) is 0 Å². The average molecular weight is 525 g/mol. The van der Waals surface area contributed by atoms with Crippen molar-refractivity contribution in [1.29, 1.82) is 0 Å². The standard InChI is InChI=1S/C22H29N4O9P/c1-10-7-12-16-15(11(10)2)22(3,4)5-6-25(16)17-19(23-21(31)24-20(17)30)26(12)8-13(27)18(29)14(28)9-35-36(32,33)34/h6-7,13-14,18,27-29H,5,8-9H2,1-4H3,(H3-,23,24,30,31,32,33,34)/p+1/t13-,14+,18-/m0/s1. The number of rotatable bonds is 7. The second kappa shape index (κ2) is 9.03. The number of fused-ring (bicyclic) bond motifs is 2. The van der Waals surface area contributed by atoms with Crippen molar-refractivity contribution < 1.29 is 34.2 Å². The van der Waals surface area contributed by atoms with Crippen molar-refractivity contribution in [3.05, 3.63) is 43.6 Å². The predicted molar refractivity (Wildman–Crippen MR) is 132 cm³/mol. The zero-order valence-corrected chi connectivity index (χ0v) is 21.1. The lowest BCUT2D eigenvalue weighted by Crippen LogP contribution is -2.47. The van der Waals surface area contributed by atoms with Gasteiger partial charge in [0, 0.05) is 17.4 Å². The molecular formula is C22H30N4O9P+. The second-order valence-corrected chi connectivity index (χ2v) is 11.1. The number of aliphatic hydroxyl groups is 3. The molecule has 0 fully saturated rings. The summed E-state index contributed by atoms with van der Waals surface area (Å²) in [7, 11) is -4.91. The van der Waals surface area contributed by atoms with Gasteiger partial charge in [0.05, 0.1) is 13.2 Å². The van der Waals surface area contributed by atoms with Crippen molar-refractivity contribution in [2.45, 2.75) is 57.8 Å². The van der Waals surface area contributed by atoms with Crippen LogP contribution in [0, 0.1) is 13.8 Å². The van der Waals surface area contributed by atoms with Crippen molar-refractivity contribution in [2.24, 2.45) is 0 Å². The highest BCUT2D eigenvalue weighted by atomic mass is 31.2. The maximum Gasteiger partial charge on any atom is 0.469 e. The molecule has 0 spiro atoms. The lowest BCUT2D eigenvalue weighted by atomic mass is 9.75. The molecule has 0 saturated heterocycles. The van der Waals surface area contributed by atoms with Crippen LogP contribution in [0.15, 0.2) is 15.7 Å². The normalized spacial score (nSPS) is 18.7. The van der Waals surface area contributed by atoms with E-state index >= 15 is 0 Å². The predicted octanol–water partition coefficient (Wildman–Crippen LogP) is -0.0897. The van der Waals surface area contributed by atoms with Crippen LogP contribution in [0.1, 0.15) is 37.0 Å². The molecule has 36 heavy (non-hydrogen) atoms. The van der Waals surface area contributed by atoms with Crippen molar-refractivity contribution >= 4 is 36.9 Å². The summed E-state index contributed by atoms with van der Waals surface area (Å²) in [5.41, 5.74) is 2.66. The Morgan fingerprint density at radius 3 is 2.44 bits per heavy atom. The van der Waals surface area contributed by atoms with Crippen molar-refractivity contribution in [1.82, 2.24) is 14.5 Å². The average Bonchev–Trinajstić information content (AvgIpc) is 2.76. The molecule has 0 amide bonds. The number of nitrogens with zero attached hydrogens (tertiary/aromatic N) is 2. The molecule has 4 rings (SSSR count). The molecule has 0 aliphatic carbocycles. The SMILES string of the molecule is Cc1cc2c3c(c1C)C(C)(C)CC=[N+]3c1c([nH]c(=O)[nH]c1=O)N2C[C@H](O)[C@H](O)[C@H](O)COP(=O)(O)O. The van der Waals surface area contributed by atoms with E-state index in [2.05, 4.69) is 28.3 Å². The van der Waals surface area contributed by atoms with Crippen LogP contribution < -0.4 is 20.7 Å². The van der Waals surface area contributed by atoms with E-state index in [0.717, 1.165) is 16.7 Å². The van der Waals surface area contributed by atoms with E-state index in [1.165, 1.54) is 4.90 Å². The minimum absolute atomic E-state index is 0.0913. The van der Waals surface area contributed by atoms with Gasteiger partial charge >= 0.3 is 24.8 Å². The van der Waals surface area contributed by atoms with E-state index in [1.807, 2.05) is 26.1 Å². The molecule has 2 aliphatic heterocycles. The van der Waals surface area contributed by atoms with E-state index in [0.29, 0.717) is 17.8 Å². The van der Waals surface area contributed by atoms with Gasteiger partial charge in [0.2, 0.25) is 5.69 Å². The maximum absolute atomic E-state index is 13.0. The fourth-order valence-corrected chi connectivity index (χ4v) is 5.25. The monoisotopic (exact) mass is 525 g/mol. The van der Waals surface area contributed by atoms with Gasteiger partial charge in [-0.1, -0.05) is 13.8 Å². The molecule has 2 aliphatic rings. The number of β-amino-alcohol motifs (C(OH)–C–C–N with tert-alkyl or cyclic N) is 1. The van der Waals surface area contributed by atoms with Gasteiger partial charge in [0.25, 0.3) is 0 Å². The van der Waals surface area contributed by atoms with Crippen LogP contribution in [-0.4, -0.2) is 72.8 Å². The number of aromatic amines is 2. The van der Waals surface area contributed by atoms with Crippen molar-refractivity contribution in [2.75, 3.05) is 18.1 Å². The third-order valence-electron chi connectivity index (χ3n) is 6.77. The molecule has 3 heterocycles. The molecule has 7 N–H and O–H groups in total. The molecule has 196 valence electrons. The van der Waals surface area contributed by atoms with E-state index < -0.39 is 44.0 Å². The Morgan fingerprint density at radius 2 is 1.81 bits per heavy atom. The van der Waals surface area contributed by atoms with Crippen molar-refractivity contribution in [3.8, 4) is 0 Å². The number of anilines is 2. The number of H-pyrrole nitrogens is 2. The highest BCUT2D eigenvalue weighted by molar-refractivity contribution is 7.46. The van der Waals surface area contributed by atoms with Crippen LogP contribution in [-0.2, 0) is 14.5 Å². The summed E-state index contributed by atoms with van der Waals surface area (Å²) in [6.45, 7) is 6.78. The van der Waals surface area contributed by atoms with Crippen LogP contribution in [0.4, 0.5) is 22.9 Å². The van der Waals surface area contributed by atoms with Gasteiger partial charge < -0.3 is 30.0 Å². The van der Waals surface area contributed by atoms with Crippen LogP contribution in [0.3, 0.4) is 0 Å². The summed E-state index contributed by atoms with van der Waals surface area (Å²) in [5.74, 6) is 0.0913. The Kier molecular flexibility index (Phi) is 6.63. The molecule has 0 unspecified atom stereocenters. The van der Waals surface area contributed by atoms with Gasteiger partial charge in [-0.25, -0.2) is 9.36 Å². The largest absolute Gasteiger partial charge is 0.469 e. The minimum Gasteiger partial charge on any atom is -0.388 e. The maximum atomic E-state index is 13.0. The molecule has 14 heteroatoms. The minimum atomic E-state index is -4.91. The topological polar surface area (TPSA) is 199 Å². The number of aliphatic hydroxyl groups excluding tert-OH is 3. The second-order valence-electron chi connectivity index (χ2n) is 9.83. The van der Waals surface area contributed by atoms with E-state index in [4.69, 9.17) is 9.79 Å². The van der Waals surface area contributed by atoms with E-state index in [1.54, 1.807) is 4.58 Å². The zero-order chi connectivity index (χ0) is 26.7. The van der Waals surface area contributed by atoms with Crippen LogP contribution in [0.5, 0.6) is 0 Å². The summed E-state index contributed by atoms with van der Waals surface area (Å²) in [6.07, 6.45) is -2.86. The lowest BCUT2D eigenvalue weighted by molar-refractivity contribution is -0.0717. The summed E-state index contributed by atoms with van der Waals surface area (Å²) in [4.78, 5) is 49.2. The number of phosphoric acid groups is 1. The Labute approximate surface area is 205 Å². The van der Waals surface area contributed by atoms with Gasteiger partial charge in [0.1, 0.15) is 24.0 Å².